The van der Waals surface area contributed by atoms with E-state index in [-0.39, 0.29) is 0 Å². The lowest BCUT2D eigenvalue weighted by atomic mass is 10.1. The number of nitrogens with zero attached hydrogens (tertiary/aromatic N) is 2. The summed E-state index contributed by atoms with van der Waals surface area (Å²) in [6.45, 7) is 4.18. The molecule has 4 nitrogen and oxygen atoms in total. The first-order valence-electron chi connectivity index (χ1n) is 6.16. The number of aromatic nitrogens is 2. The fourth-order valence-electron chi connectivity index (χ4n) is 2.21. The molecule has 1 aromatic heterocycles. The van der Waals surface area contributed by atoms with Crippen molar-refractivity contribution in [3.8, 4) is 0 Å². The SMILES string of the molecule is Cc1nc(NC2CC2)nc2c1CCNCC2. The molecule has 1 saturated carbocycles. The highest BCUT2D eigenvalue weighted by Crippen LogP contribution is 2.24. The number of anilines is 1. The molecule has 0 aromatic carbocycles. The maximum Gasteiger partial charge on any atom is 0.223 e. The molecule has 86 valence electrons. The van der Waals surface area contributed by atoms with E-state index in [1.807, 2.05) is 0 Å². The number of fused-ring (bicyclic) bond motifs is 1. The van der Waals surface area contributed by atoms with E-state index in [4.69, 9.17) is 0 Å². The van der Waals surface area contributed by atoms with Gasteiger partial charge in [-0.2, -0.15) is 0 Å². The average Bonchev–Trinajstić information content (AvgIpc) is 3.04. The molecule has 1 aliphatic heterocycles. The Morgan fingerprint density at radius 1 is 1.19 bits per heavy atom. The van der Waals surface area contributed by atoms with Crippen molar-refractivity contribution in [1.29, 1.82) is 0 Å². The van der Waals surface area contributed by atoms with Gasteiger partial charge in [0.1, 0.15) is 0 Å². The Hall–Kier alpha value is -1.16. The second-order valence-corrected chi connectivity index (χ2v) is 4.73. The fraction of sp³-hybridized carbons (Fsp3) is 0.667. The molecular weight excluding hydrogens is 200 g/mol. The maximum absolute atomic E-state index is 4.65. The molecule has 2 heterocycles. The third kappa shape index (κ3) is 2.02. The van der Waals surface area contributed by atoms with Crippen molar-refractivity contribution in [2.24, 2.45) is 0 Å². The minimum Gasteiger partial charge on any atom is -0.351 e. The molecule has 3 rings (SSSR count). The molecule has 0 radical (unpaired) electrons. The van der Waals surface area contributed by atoms with Gasteiger partial charge >= 0.3 is 0 Å². The Morgan fingerprint density at radius 3 is 2.81 bits per heavy atom. The van der Waals surface area contributed by atoms with E-state index < -0.39 is 0 Å². The number of hydrogen-bond donors (Lipinski definition) is 2. The van der Waals surface area contributed by atoms with Gasteiger partial charge in [0.25, 0.3) is 0 Å². The molecule has 0 amide bonds. The second-order valence-electron chi connectivity index (χ2n) is 4.73. The first-order valence-corrected chi connectivity index (χ1v) is 6.16. The molecule has 16 heavy (non-hydrogen) atoms. The molecule has 1 fully saturated rings. The smallest absolute Gasteiger partial charge is 0.223 e. The molecule has 0 unspecified atom stereocenters. The molecular formula is C12H18N4. The molecule has 0 spiro atoms. The highest BCUT2D eigenvalue weighted by molar-refractivity contribution is 5.37. The van der Waals surface area contributed by atoms with Gasteiger partial charge in [-0.1, -0.05) is 0 Å². The molecule has 2 N–H and O–H groups in total. The van der Waals surface area contributed by atoms with Gasteiger partial charge in [0, 0.05) is 24.7 Å². The zero-order valence-electron chi connectivity index (χ0n) is 9.71. The van der Waals surface area contributed by atoms with E-state index in [0.29, 0.717) is 6.04 Å². The quantitative estimate of drug-likeness (QED) is 0.779. The molecule has 0 saturated heterocycles. The topological polar surface area (TPSA) is 49.8 Å². The lowest BCUT2D eigenvalue weighted by Gasteiger charge is -2.11. The predicted octanol–water partition coefficient (Wildman–Crippen LogP) is 1.05. The van der Waals surface area contributed by atoms with Gasteiger partial charge < -0.3 is 10.6 Å². The van der Waals surface area contributed by atoms with Gasteiger partial charge in [-0.05, 0) is 38.3 Å². The largest absolute Gasteiger partial charge is 0.351 e. The summed E-state index contributed by atoms with van der Waals surface area (Å²) in [6, 6.07) is 0.626. The molecule has 1 aliphatic carbocycles. The number of rotatable bonds is 2. The van der Waals surface area contributed by atoms with Crippen LogP contribution in [0.2, 0.25) is 0 Å². The summed E-state index contributed by atoms with van der Waals surface area (Å²) in [6.07, 6.45) is 4.62. The van der Waals surface area contributed by atoms with Crippen LogP contribution in [0.5, 0.6) is 0 Å². The summed E-state index contributed by atoms with van der Waals surface area (Å²) in [5.74, 6) is 0.834. The first-order chi connectivity index (χ1) is 7.83. The van der Waals surface area contributed by atoms with E-state index in [9.17, 15) is 0 Å². The summed E-state index contributed by atoms with van der Waals surface area (Å²) >= 11 is 0. The van der Waals surface area contributed by atoms with Crippen molar-refractivity contribution in [2.75, 3.05) is 18.4 Å². The van der Waals surface area contributed by atoms with Crippen molar-refractivity contribution >= 4 is 5.95 Å². The van der Waals surface area contributed by atoms with Gasteiger partial charge in [-0.15, -0.1) is 0 Å². The van der Waals surface area contributed by atoms with Crippen LogP contribution in [0.15, 0.2) is 0 Å². The molecule has 1 aromatic rings. The molecule has 0 atom stereocenters. The van der Waals surface area contributed by atoms with Gasteiger partial charge in [0.2, 0.25) is 5.95 Å². The minimum atomic E-state index is 0.626. The van der Waals surface area contributed by atoms with E-state index in [2.05, 4.69) is 27.5 Å². The van der Waals surface area contributed by atoms with Crippen LogP contribution in [0.1, 0.15) is 29.8 Å². The van der Waals surface area contributed by atoms with Gasteiger partial charge in [0.05, 0.1) is 5.69 Å². The lowest BCUT2D eigenvalue weighted by Crippen LogP contribution is -2.16. The van der Waals surface area contributed by atoms with Gasteiger partial charge in [0.15, 0.2) is 0 Å². The Morgan fingerprint density at radius 2 is 2.00 bits per heavy atom. The van der Waals surface area contributed by atoms with Crippen LogP contribution in [0.3, 0.4) is 0 Å². The number of hydrogen-bond acceptors (Lipinski definition) is 4. The van der Waals surface area contributed by atoms with Crippen LogP contribution < -0.4 is 10.6 Å². The predicted molar refractivity (Wildman–Crippen MR) is 63.7 cm³/mol. The summed E-state index contributed by atoms with van der Waals surface area (Å²) in [7, 11) is 0. The average molecular weight is 218 g/mol. The van der Waals surface area contributed by atoms with E-state index >= 15 is 0 Å². The third-order valence-corrected chi connectivity index (χ3v) is 3.30. The zero-order chi connectivity index (χ0) is 11.0. The Labute approximate surface area is 95.9 Å². The van der Waals surface area contributed by atoms with Crippen LogP contribution >= 0.6 is 0 Å². The van der Waals surface area contributed by atoms with E-state index in [1.54, 1.807) is 0 Å². The number of aryl methyl sites for hydroxylation is 1. The van der Waals surface area contributed by atoms with Crippen molar-refractivity contribution in [2.45, 2.75) is 38.6 Å². The fourth-order valence-corrected chi connectivity index (χ4v) is 2.21. The van der Waals surface area contributed by atoms with Crippen molar-refractivity contribution in [3.63, 3.8) is 0 Å². The highest BCUT2D eigenvalue weighted by Gasteiger charge is 2.23. The van der Waals surface area contributed by atoms with Crippen LogP contribution in [0.4, 0.5) is 5.95 Å². The monoisotopic (exact) mass is 218 g/mol. The molecule has 0 bridgehead atoms. The lowest BCUT2D eigenvalue weighted by molar-refractivity contribution is 0.708. The Balaban J connectivity index is 1.91. The second kappa shape index (κ2) is 4.01. The van der Waals surface area contributed by atoms with Crippen molar-refractivity contribution in [3.05, 3.63) is 17.0 Å². The summed E-state index contributed by atoms with van der Waals surface area (Å²) in [5.41, 5.74) is 3.74. The third-order valence-electron chi connectivity index (χ3n) is 3.30. The minimum absolute atomic E-state index is 0.626. The standard InChI is InChI=1S/C12H18N4/c1-8-10-4-6-13-7-5-11(10)16-12(14-8)15-9-2-3-9/h9,13H,2-7H2,1H3,(H,14,15,16). The van der Waals surface area contributed by atoms with Crippen LogP contribution in [-0.2, 0) is 12.8 Å². The van der Waals surface area contributed by atoms with Gasteiger partial charge in [-0.25, -0.2) is 9.97 Å². The van der Waals surface area contributed by atoms with Crippen LogP contribution in [-0.4, -0.2) is 29.1 Å². The van der Waals surface area contributed by atoms with Crippen LogP contribution in [0.25, 0.3) is 0 Å². The van der Waals surface area contributed by atoms with Crippen molar-refractivity contribution in [1.82, 2.24) is 15.3 Å². The van der Waals surface area contributed by atoms with Gasteiger partial charge in [-0.3, -0.25) is 0 Å². The normalized spacial score (nSPS) is 20.1. The summed E-state index contributed by atoms with van der Waals surface area (Å²) in [4.78, 5) is 9.21. The Bertz CT molecular complexity index is 398. The summed E-state index contributed by atoms with van der Waals surface area (Å²) < 4.78 is 0. The van der Waals surface area contributed by atoms with E-state index in [0.717, 1.165) is 37.6 Å². The zero-order valence-corrected chi connectivity index (χ0v) is 9.71. The molecule has 4 heteroatoms. The van der Waals surface area contributed by atoms with E-state index in [1.165, 1.54) is 24.1 Å². The van der Waals surface area contributed by atoms with Crippen molar-refractivity contribution < 1.29 is 0 Å². The Kier molecular flexibility index (Phi) is 2.52. The highest BCUT2D eigenvalue weighted by atomic mass is 15.1. The molecule has 2 aliphatic rings. The first kappa shape index (κ1) is 10.0. The maximum atomic E-state index is 4.65. The van der Waals surface area contributed by atoms with Crippen LogP contribution in [0, 0.1) is 6.92 Å². The number of nitrogens with one attached hydrogen (secondary N) is 2. The summed E-state index contributed by atoms with van der Waals surface area (Å²) in [5, 5.41) is 6.79.